The number of thiazole rings is 1. The molecule has 2 N–H and O–H groups in total. The number of fused-ring (bicyclic) bond motifs is 5. The number of aromatic nitrogens is 2. The third-order valence-corrected chi connectivity index (χ3v) is 15.5. The van der Waals surface area contributed by atoms with Gasteiger partial charge in [0.05, 0.1) is 48.0 Å². The monoisotopic (exact) mass is 1150 g/mol. The second-order valence-corrected chi connectivity index (χ2v) is 20.7. The van der Waals surface area contributed by atoms with E-state index >= 15 is 8.78 Å². The number of benzene rings is 3. The molecular weight excluding hydrogens is 1090 g/mol. The van der Waals surface area contributed by atoms with Gasteiger partial charge in [-0.05, 0) is 102 Å². The van der Waals surface area contributed by atoms with Crippen LogP contribution in [-0.4, -0.2) is 106 Å². The van der Waals surface area contributed by atoms with Crippen LogP contribution < -0.4 is 15.4 Å². The first kappa shape index (κ1) is 60.4. The summed E-state index contributed by atoms with van der Waals surface area (Å²) in [6.45, 7) is 8.52. The van der Waals surface area contributed by atoms with Crippen LogP contribution in [0.4, 0.5) is 22.8 Å². The maximum Gasteiger partial charge on any atom is 0.407 e. The number of methoxy groups -OCH3 is 2. The van der Waals surface area contributed by atoms with Crippen molar-refractivity contribution in [2.75, 3.05) is 27.3 Å². The van der Waals surface area contributed by atoms with Crippen molar-refractivity contribution in [3.8, 4) is 27.6 Å². The molecule has 0 bridgehead atoms. The summed E-state index contributed by atoms with van der Waals surface area (Å²) in [6, 6.07) is 12.4. The lowest BCUT2D eigenvalue weighted by atomic mass is 9.95. The molecule has 0 saturated carbocycles. The van der Waals surface area contributed by atoms with E-state index in [1.807, 2.05) is 67.6 Å². The van der Waals surface area contributed by atoms with Crippen molar-refractivity contribution < 1.29 is 46.6 Å². The molecule has 23 heteroatoms. The van der Waals surface area contributed by atoms with Crippen LogP contribution >= 0.6 is 65.3 Å². The first-order chi connectivity index (χ1) is 35.1. The highest BCUT2D eigenvalue weighted by Gasteiger charge is 2.41. The summed E-state index contributed by atoms with van der Waals surface area (Å²) in [5.41, 5.74) is 6.39. The van der Waals surface area contributed by atoms with Gasteiger partial charge in [-0.1, -0.05) is 33.8 Å². The van der Waals surface area contributed by atoms with Crippen molar-refractivity contribution in [2.45, 2.75) is 96.6 Å². The third kappa shape index (κ3) is 11.7. The molecule has 77 heavy (non-hydrogen) atoms. The van der Waals surface area contributed by atoms with Crippen molar-refractivity contribution in [2.24, 2.45) is 21.8 Å². The van der Waals surface area contributed by atoms with Gasteiger partial charge in [-0.15, -0.1) is 11.3 Å². The summed E-state index contributed by atoms with van der Waals surface area (Å²) in [5.74, 6) is -2.48. The van der Waals surface area contributed by atoms with E-state index in [4.69, 9.17) is 24.2 Å². The van der Waals surface area contributed by atoms with Crippen molar-refractivity contribution in [1.29, 1.82) is 0 Å². The van der Waals surface area contributed by atoms with Gasteiger partial charge in [-0.3, -0.25) is 24.1 Å². The van der Waals surface area contributed by atoms with Gasteiger partial charge in [0.1, 0.15) is 40.3 Å². The number of aliphatic imine (C=N–C) groups is 2. The topological polar surface area (TPSA) is 169 Å². The Labute approximate surface area is 476 Å². The van der Waals surface area contributed by atoms with E-state index in [1.165, 1.54) is 43.8 Å². The fraction of sp³-hybridized carbons (Fsp3) is 0.389. The van der Waals surface area contributed by atoms with Crippen molar-refractivity contribution >= 4 is 123 Å². The predicted octanol–water partition coefficient (Wildman–Crippen LogP) is 10.4. The quantitative estimate of drug-likeness (QED) is 0.124. The van der Waals surface area contributed by atoms with Gasteiger partial charge >= 0.3 is 12.2 Å². The standard InChI is InChI=1S/C54H55F3N8O7S.4H2S/c1-27(2)47(61-53(68)70-5)50(66)63-15-7-9-41(63)38-19-32(24-58-38)29-11-14-40-31(17-29)21-43-46-37(57)18-30(22-44(46)72-52(65(40)43)45-26-60-49(73-45)35-13-12-34(55)23-36(35)56)33-20-39(59-25-33)42-10-8-16-64(42)51(67)48(28(3)4)62-54(69)71-6;;;;/h11-14,17-18,21-28,41-42,47-48,52H,7-10,15-16,19-20H2,1-6H3,(H,61,68)(H,62,69);4*1H2/t41-,42-,47-,48-,52?;;;;/m0..../s1. The summed E-state index contributed by atoms with van der Waals surface area (Å²) >= 11 is 1.18. The molecule has 5 aliphatic heterocycles. The van der Waals surface area contributed by atoms with E-state index in [9.17, 15) is 23.6 Å². The van der Waals surface area contributed by atoms with Gasteiger partial charge in [0, 0.05) is 73.0 Å². The highest BCUT2D eigenvalue weighted by atomic mass is 32.1. The van der Waals surface area contributed by atoms with E-state index in [0.717, 1.165) is 64.4 Å². The number of hydrogen-bond acceptors (Lipinski definition) is 11. The molecule has 0 aliphatic carbocycles. The van der Waals surface area contributed by atoms with Crippen LogP contribution in [0.5, 0.6) is 5.75 Å². The molecule has 0 spiro atoms. The zero-order chi connectivity index (χ0) is 51.4. The summed E-state index contributed by atoms with van der Waals surface area (Å²) in [7, 11) is 2.52. The minimum atomic E-state index is -0.875. The number of allylic oxidation sites excluding steroid dienone is 2. The van der Waals surface area contributed by atoms with E-state index in [1.54, 1.807) is 23.4 Å². The Morgan fingerprint density at radius 3 is 1.83 bits per heavy atom. The molecule has 1 unspecified atom stereocenters. The minimum Gasteiger partial charge on any atom is -0.464 e. The molecule has 5 aromatic rings. The van der Waals surface area contributed by atoms with Crippen molar-refractivity contribution in [1.82, 2.24) is 30.0 Å². The van der Waals surface area contributed by atoms with Crippen molar-refractivity contribution in [3.63, 3.8) is 0 Å². The summed E-state index contributed by atoms with van der Waals surface area (Å²) in [6.07, 6.45) is 6.74. The van der Waals surface area contributed by atoms with Crippen LogP contribution in [0, 0.1) is 29.3 Å². The number of rotatable bonds is 12. The van der Waals surface area contributed by atoms with Crippen LogP contribution in [-0.2, 0) is 19.1 Å². The van der Waals surface area contributed by atoms with E-state index in [2.05, 4.69) is 15.6 Å². The number of carbonyl (C=O) groups is 4. The Hall–Kier alpha value is -5.88. The van der Waals surface area contributed by atoms with Gasteiger partial charge in [0.15, 0.2) is 0 Å². The highest BCUT2D eigenvalue weighted by Crippen LogP contribution is 2.49. The smallest absolute Gasteiger partial charge is 0.407 e. The summed E-state index contributed by atoms with van der Waals surface area (Å²) in [4.78, 5) is 70.4. The number of ether oxygens (including phenoxy) is 3. The molecule has 7 heterocycles. The van der Waals surface area contributed by atoms with E-state index < -0.39 is 47.9 Å². The fourth-order valence-corrected chi connectivity index (χ4v) is 11.7. The van der Waals surface area contributed by atoms with Gasteiger partial charge in [-0.25, -0.2) is 27.7 Å². The average Bonchev–Trinajstić information content (AvgIpc) is 4.23. The molecule has 10 rings (SSSR count). The fourth-order valence-electron chi connectivity index (χ4n) is 10.7. The Morgan fingerprint density at radius 1 is 0.714 bits per heavy atom. The minimum absolute atomic E-state index is 0. The Balaban J connectivity index is 0.00000240. The SMILES string of the molecule is COC(=O)N[C@H](C(=O)N1CCC[C@H]1C1=NC=C(c2cc(F)c3c(c2)OC(c2cnc(-c4ccc(F)cc4F)s2)n2c-3cc3cc(C4=CN=C([C@@H]5CCCN5C(=O)[C@@H](NC(=O)OC)C(C)C)C4)ccc32)C1)C(C)C.S.S.S.S. The van der Waals surface area contributed by atoms with Crippen LogP contribution in [0.3, 0.4) is 0 Å². The Kier molecular flexibility index (Phi) is 19.5. The van der Waals surface area contributed by atoms with Crippen molar-refractivity contribution in [3.05, 3.63) is 107 Å². The Bertz CT molecular complexity index is 3220. The number of nitrogens with zero attached hydrogens (tertiary/aromatic N) is 6. The molecule has 15 nitrogen and oxygen atoms in total. The normalized spacial score (nSPS) is 19.0. The van der Waals surface area contributed by atoms with Crippen LogP contribution in [0.25, 0.3) is 43.9 Å². The van der Waals surface area contributed by atoms with Crippen LogP contribution in [0.2, 0.25) is 0 Å². The number of hydrogen-bond donors (Lipinski definition) is 2. The molecule has 3 aromatic carbocycles. The number of halogens is 3. The molecule has 412 valence electrons. The van der Waals surface area contributed by atoms with E-state index in [0.29, 0.717) is 53.5 Å². The number of nitrogens with one attached hydrogen (secondary N) is 2. The molecule has 2 fully saturated rings. The molecule has 4 amide bonds. The molecule has 5 atom stereocenters. The molecule has 0 radical (unpaired) electrons. The first-order valence-corrected chi connectivity index (χ1v) is 25.3. The second-order valence-electron chi connectivity index (χ2n) is 19.7. The van der Waals surface area contributed by atoms with Gasteiger partial charge in [0.2, 0.25) is 18.0 Å². The summed E-state index contributed by atoms with van der Waals surface area (Å²) < 4.78 is 64.5. The molecule has 2 saturated heterocycles. The second kappa shape index (κ2) is 24.8. The first-order valence-electron chi connectivity index (χ1n) is 24.5. The maximum absolute atomic E-state index is 17.1. The lowest BCUT2D eigenvalue weighted by Crippen LogP contribution is -2.53. The highest BCUT2D eigenvalue weighted by molar-refractivity contribution is 7.59. The zero-order valence-electron chi connectivity index (χ0n) is 43.2. The largest absolute Gasteiger partial charge is 0.464 e. The van der Waals surface area contributed by atoms with Crippen LogP contribution in [0.15, 0.2) is 83.2 Å². The van der Waals surface area contributed by atoms with Gasteiger partial charge < -0.3 is 34.6 Å². The lowest BCUT2D eigenvalue weighted by Gasteiger charge is -2.31. The average molecular weight is 1150 g/mol. The predicted molar refractivity (Wildman–Crippen MR) is 313 cm³/mol. The van der Waals surface area contributed by atoms with Gasteiger partial charge in [0.25, 0.3) is 0 Å². The summed E-state index contributed by atoms with van der Waals surface area (Å²) in [5, 5.41) is 6.49. The van der Waals surface area contributed by atoms with Gasteiger partial charge in [-0.2, -0.15) is 54.0 Å². The zero-order valence-corrected chi connectivity index (χ0v) is 48.0. The number of carbonyl (C=O) groups excluding carboxylic acids is 4. The number of likely N-dealkylation sites (tertiary alicyclic amines) is 2. The molecular formula is C54H63F3N8O7S5. The molecule has 2 aromatic heterocycles. The van der Waals surface area contributed by atoms with Crippen LogP contribution in [0.1, 0.15) is 88.5 Å². The lowest BCUT2D eigenvalue weighted by molar-refractivity contribution is -0.134. The third-order valence-electron chi connectivity index (χ3n) is 14.4. The number of alkyl carbamates (subject to hydrolysis) is 2. The Morgan fingerprint density at radius 2 is 1.29 bits per heavy atom. The molecule has 5 aliphatic rings. The number of amides is 4. The maximum atomic E-state index is 17.1. The van der Waals surface area contributed by atoms with E-state index in [-0.39, 0.29) is 107 Å².